The normalized spacial score (nSPS) is 17.5. The molecule has 2 aromatic heterocycles. The van der Waals surface area contributed by atoms with Crippen molar-refractivity contribution < 1.29 is 14.7 Å². The summed E-state index contributed by atoms with van der Waals surface area (Å²) in [4.78, 5) is 29.3. The Balaban J connectivity index is 1.76. The van der Waals surface area contributed by atoms with Crippen molar-refractivity contribution in [2.24, 2.45) is 5.92 Å². The van der Waals surface area contributed by atoms with Crippen LogP contribution in [0.5, 0.6) is 0 Å². The molecule has 1 aliphatic rings. The van der Waals surface area contributed by atoms with Gasteiger partial charge in [-0.3, -0.25) is 9.59 Å². The van der Waals surface area contributed by atoms with E-state index in [1.807, 2.05) is 19.9 Å². The Labute approximate surface area is 133 Å². The molecule has 0 aromatic carbocycles. The molecule has 0 bridgehead atoms. The Kier molecular flexibility index (Phi) is 3.85. The standard InChI is InChI=1S/C16H18N4O3/c1-10-7-11(2)20(18-10)14-4-3-12(8-17-14)15(21)19-6-5-13(9-19)16(22)23/h3-4,7-8,13H,5-6,9H2,1-2H3,(H,22,23). The summed E-state index contributed by atoms with van der Waals surface area (Å²) in [7, 11) is 0. The summed E-state index contributed by atoms with van der Waals surface area (Å²) in [6.45, 7) is 4.58. The first-order chi connectivity index (χ1) is 11.0. The lowest BCUT2D eigenvalue weighted by Crippen LogP contribution is -2.30. The highest BCUT2D eigenvalue weighted by atomic mass is 16.4. The second-order valence-electron chi connectivity index (χ2n) is 5.82. The quantitative estimate of drug-likeness (QED) is 0.926. The minimum atomic E-state index is -0.849. The summed E-state index contributed by atoms with van der Waals surface area (Å²) < 4.78 is 1.72. The lowest BCUT2D eigenvalue weighted by molar-refractivity contribution is -0.141. The first kappa shape index (κ1) is 15.2. The number of aliphatic carboxylic acids is 1. The van der Waals surface area contributed by atoms with Gasteiger partial charge in [0.2, 0.25) is 0 Å². The van der Waals surface area contributed by atoms with Gasteiger partial charge in [-0.1, -0.05) is 0 Å². The molecule has 1 N–H and O–H groups in total. The van der Waals surface area contributed by atoms with Gasteiger partial charge in [-0.2, -0.15) is 5.10 Å². The third-order valence-corrected chi connectivity index (χ3v) is 4.05. The van der Waals surface area contributed by atoms with Crippen LogP contribution in [0.3, 0.4) is 0 Å². The van der Waals surface area contributed by atoms with Crippen molar-refractivity contribution in [1.29, 1.82) is 0 Å². The molecule has 23 heavy (non-hydrogen) atoms. The maximum Gasteiger partial charge on any atom is 0.308 e. The summed E-state index contributed by atoms with van der Waals surface area (Å²) in [6.07, 6.45) is 2.01. The molecule has 7 heteroatoms. The van der Waals surface area contributed by atoms with E-state index < -0.39 is 11.9 Å². The molecule has 2 aromatic rings. The van der Waals surface area contributed by atoms with E-state index in [2.05, 4.69) is 10.1 Å². The number of likely N-dealkylation sites (tertiary alicyclic amines) is 1. The van der Waals surface area contributed by atoms with Gasteiger partial charge in [-0.05, 0) is 38.5 Å². The van der Waals surface area contributed by atoms with Crippen LogP contribution >= 0.6 is 0 Å². The first-order valence-electron chi connectivity index (χ1n) is 7.47. The third kappa shape index (κ3) is 2.94. The van der Waals surface area contributed by atoms with Gasteiger partial charge in [0.25, 0.3) is 5.91 Å². The van der Waals surface area contributed by atoms with Crippen LogP contribution in [0.2, 0.25) is 0 Å². The smallest absolute Gasteiger partial charge is 0.308 e. The zero-order valence-electron chi connectivity index (χ0n) is 13.1. The van der Waals surface area contributed by atoms with Crippen LogP contribution < -0.4 is 0 Å². The Hall–Kier alpha value is -2.70. The maximum atomic E-state index is 12.4. The highest BCUT2D eigenvalue weighted by Gasteiger charge is 2.31. The van der Waals surface area contributed by atoms with Crippen molar-refractivity contribution >= 4 is 11.9 Å². The molecule has 0 radical (unpaired) electrons. The number of hydrogen-bond donors (Lipinski definition) is 1. The topological polar surface area (TPSA) is 88.3 Å². The molecule has 1 aliphatic heterocycles. The number of pyridine rings is 1. The van der Waals surface area contributed by atoms with Gasteiger partial charge in [0.1, 0.15) is 0 Å². The Bertz CT molecular complexity index is 751. The fourth-order valence-electron chi connectivity index (χ4n) is 2.83. The molecule has 1 saturated heterocycles. The number of carboxylic acids is 1. The first-order valence-corrected chi connectivity index (χ1v) is 7.47. The number of carbonyl (C=O) groups is 2. The molecule has 0 saturated carbocycles. The molecule has 1 unspecified atom stereocenters. The molecular formula is C16H18N4O3. The number of rotatable bonds is 3. The number of aromatic nitrogens is 3. The van der Waals surface area contributed by atoms with Crippen LogP contribution in [0.25, 0.3) is 5.82 Å². The number of nitrogens with zero attached hydrogens (tertiary/aromatic N) is 4. The van der Waals surface area contributed by atoms with E-state index in [-0.39, 0.29) is 12.5 Å². The molecule has 1 atom stereocenters. The van der Waals surface area contributed by atoms with Crippen LogP contribution in [0, 0.1) is 19.8 Å². The van der Waals surface area contributed by atoms with Gasteiger partial charge < -0.3 is 10.0 Å². The van der Waals surface area contributed by atoms with Crippen LogP contribution in [0.4, 0.5) is 0 Å². The van der Waals surface area contributed by atoms with Crippen molar-refractivity contribution in [3.63, 3.8) is 0 Å². The van der Waals surface area contributed by atoms with Crippen molar-refractivity contribution in [2.75, 3.05) is 13.1 Å². The molecule has 0 spiro atoms. The van der Waals surface area contributed by atoms with Crippen molar-refractivity contribution in [1.82, 2.24) is 19.7 Å². The van der Waals surface area contributed by atoms with Gasteiger partial charge >= 0.3 is 5.97 Å². The average molecular weight is 314 g/mol. The summed E-state index contributed by atoms with van der Waals surface area (Å²) in [6, 6.07) is 5.41. The zero-order valence-corrected chi connectivity index (χ0v) is 13.1. The fraction of sp³-hybridized carbons (Fsp3) is 0.375. The van der Waals surface area contributed by atoms with Crippen LogP contribution in [-0.4, -0.2) is 49.7 Å². The monoisotopic (exact) mass is 314 g/mol. The molecule has 1 amide bonds. The lowest BCUT2D eigenvalue weighted by atomic mass is 10.1. The fourth-order valence-corrected chi connectivity index (χ4v) is 2.83. The molecule has 120 valence electrons. The number of aryl methyl sites for hydroxylation is 2. The van der Waals surface area contributed by atoms with E-state index in [4.69, 9.17) is 5.11 Å². The highest BCUT2D eigenvalue weighted by Crippen LogP contribution is 2.19. The molecule has 7 nitrogen and oxygen atoms in total. The van der Waals surface area contributed by atoms with E-state index in [0.29, 0.717) is 24.3 Å². The second-order valence-corrected chi connectivity index (χ2v) is 5.82. The van der Waals surface area contributed by atoms with Crippen molar-refractivity contribution in [3.8, 4) is 5.82 Å². The lowest BCUT2D eigenvalue weighted by Gasteiger charge is -2.15. The number of hydrogen-bond acceptors (Lipinski definition) is 4. The van der Waals surface area contributed by atoms with E-state index in [0.717, 1.165) is 11.4 Å². The van der Waals surface area contributed by atoms with Crippen molar-refractivity contribution in [2.45, 2.75) is 20.3 Å². The zero-order chi connectivity index (χ0) is 16.6. The maximum absolute atomic E-state index is 12.4. The predicted octanol–water partition coefficient (Wildman–Crippen LogP) is 1.43. The number of carbonyl (C=O) groups excluding carboxylic acids is 1. The van der Waals surface area contributed by atoms with Crippen LogP contribution in [0.15, 0.2) is 24.4 Å². The largest absolute Gasteiger partial charge is 0.481 e. The van der Waals surface area contributed by atoms with Gasteiger partial charge in [-0.25, -0.2) is 9.67 Å². The molecule has 0 aliphatic carbocycles. The van der Waals surface area contributed by atoms with Gasteiger partial charge in [0.05, 0.1) is 17.2 Å². The summed E-state index contributed by atoms with van der Waals surface area (Å²) >= 11 is 0. The molecule has 3 heterocycles. The van der Waals surface area contributed by atoms with E-state index in [9.17, 15) is 9.59 Å². The Morgan fingerprint density at radius 2 is 2.09 bits per heavy atom. The van der Waals surface area contributed by atoms with E-state index in [1.54, 1.807) is 21.7 Å². The summed E-state index contributed by atoms with van der Waals surface area (Å²) in [5.74, 6) is -0.850. The number of carboxylic acid groups (broad SMARTS) is 1. The SMILES string of the molecule is Cc1cc(C)n(-c2ccc(C(=O)N3CCC(C(=O)O)C3)cn2)n1. The highest BCUT2D eigenvalue weighted by molar-refractivity contribution is 5.94. The molecule has 1 fully saturated rings. The van der Waals surface area contributed by atoms with Gasteiger partial charge in [-0.15, -0.1) is 0 Å². The Morgan fingerprint density at radius 3 is 2.61 bits per heavy atom. The Morgan fingerprint density at radius 1 is 1.30 bits per heavy atom. The van der Waals surface area contributed by atoms with E-state index >= 15 is 0 Å². The summed E-state index contributed by atoms with van der Waals surface area (Å²) in [5, 5.41) is 13.4. The molecule has 3 rings (SSSR count). The van der Waals surface area contributed by atoms with Crippen LogP contribution in [-0.2, 0) is 4.79 Å². The minimum absolute atomic E-state index is 0.179. The summed E-state index contributed by atoms with van der Waals surface area (Å²) in [5.41, 5.74) is 2.33. The predicted molar refractivity (Wildman–Crippen MR) is 82.5 cm³/mol. The van der Waals surface area contributed by atoms with Crippen LogP contribution in [0.1, 0.15) is 28.2 Å². The number of amides is 1. The van der Waals surface area contributed by atoms with Crippen molar-refractivity contribution in [3.05, 3.63) is 41.3 Å². The van der Waals surface area contributed by atoms with Gasteiger partial charge in [0.15, 0.2) is 5.82 Å². The second kappa shape index (κ2) is 5.83. The van der Waals surface area contributed by atoms with E-state index in [1.165, 1.54) is 6.20 Å². The third-order valence-electron chi connectivity index (χ3n) is 4.05. The molecular weight excluding hydrogens is 296 g/mol. The average Bonchev–Trinajstić information content (AvgIpc) is 3.13. The minimum Gasteiger partial charge on any atom is -0.481 e. The van der Waals surface area contributed by atoms with Gasteiger partial charge in [0, 0.05) is 25.0 Å².